The minimum Gasteiger partial charge on any atom is -0.494 e. The van der Waals surface area contributed by atoms with Crippen molar-refractivity contribution in [1.29, 1.82) is 0 Å². The third-order valence-electron chi connectivity index (χ3n) is 14.4. The van der Waals surface area contributed by atoms with Crippen molar-refractivity contribution in [3.05, 3.63) is 23.5 Å². The van der Waals surface area contributed by atoms with E-state index in [1.165, 1.54) is 103 Å². The summed E-state index contributed by atoms with van der Waals surface area (Å²) in [6.45, 7) is 0. The Morgan fingerprint density at radius 2 is 1.13 bits per heavy atom. The lowest BCUT2D eigenvalue weighted by Gasteiger charge is -2.61. The molecule has 7 aliphatic carbocycles. The van der Waals surface area contributed by atoms with Gasteiger partial charge in [0.25, 0.3) is 0 Å². The second-order valence-electron chi connectivity index (χ2n) is 16.0. The van der Waals surface area contributed by atoms with Crippen LogP contribution in [0.1, 0.15) is 141 Å². The molecule has 0 spiro atoms. The van der Waals surface area contributed by atoms with Gasteiger partial charge < -0.3 is 4.74 Å². The average Bonchev–Trinajstić information content (AvgIpc) is 3.40. The molecule has 6 fully saturated rings. The number of hydrogen-bond acceptors (Lipinski definition) is 1. The van der Waals surface area contributed by atoms with E-state index >= 15 is 0 Å². The second kappa shape index (κ2) is 11.2. The van der Waals surface area contributed by atoms with Crippen LogP contribution in [0, 0.1) is 65.1 Å². The Bertz CT molecular complexity index is 893. The van der Waals surface area contributed by atoms with Crippen LogP contribution in [0.2, 0.25) is 0 Å². The van der Waals surface area contributed by atoms with Gasteiger partial charge in [-0.3, -0.25) is 0 Å². The number of fused-ring (bicyclic) bond motifs is 5. The van der Waals surface area contributed by atoms with Crippen molar-refractivity contribution < 1.29 is 4.74 Å². The van der Waals surface area contributed by atoms with Gasteiger partial charge in [0.2, 0.25) is 0 Å². The van der Waals surface area contributed by atoms with Gasteiger partial charge in [0, 0.05) is 11.8 Å². The molecule has 1 nitrogen and oxygen atoms in total. The molecule has 0 bridgehead atoms. The highest BCUT2D eigenvalue weighted by atomic mass is 16.5. The van der Waals surface area contributed by atoms with E-state index in [0.29, 0.717) is 12.0 Å². The molecule has 8 unspecified atom stereocenters. The van der Waals surface area contributed by atoms with E-state index in [1.807, 2.05) is 5.57 Å². The number of rotatable bonds is 3. The van der Waals surface area contributed by atoms with Crippen LogP contribution in [0.15, 0.2) is 23.5 Å². The minimum atomic E-state index is 0.497. The largest absolute Gasteiger partial charge is 0.494 e. The molecule has 8 rings (SSSR count). The summed E-state index contributed by atoms with van der Waals surface area (Å²) in [5.74, 6) is 12.2. The predicted octanol–water partition coefficient (Wildman–Crippen LogP) is 10.7. The lowest BCUT2D eigenvalue weighted by Crippen LogP contribution is -2.54. The maximum Gasteiger partial charge on any atom is 0.105 e. The summed E-state index contributed by atoms with van der Waals surface area (Å²) in [5, 5.41) is 0. The lowest BCUT2D eigenvalue weighted by atomic mass is 9.44. The van der Waals surface area contributed by atoms with Crippen LogP contribution in [-0.2, 0) is 4.74 Å². The topological polar surface area (TPSA) is 9.23 Å². The summed E-state index contributed by atoms with van der Waals surface area (Å²) in [5.41, 5.74) is 1.84. The smallest absolute Gasteiger partial charge is 0.105 e. The first-order chi connectivity index (χ1) is 19.4. The summed E-state index contributed by atoms with van der Waals surface area (Å²) in [6.07, 6.45) is 38.6. The summed E-state index contributed by atoms with van der Waals surface area (Å²) >= 11 is 0. The van der Waals surface area contributed by atoms with Crippen molar-refractivity contribution in [1.82, 2.24) is 0 Å². The van der Waals surface area contributed by atoms with Gasteiger partial charge in [0.05, 0.1) is 5.76 Å². The normalized spacial score (nSPS) is 47.1. The minimum absolute atomic E-state index is 0.497. The SMILES string of the molecule is C1=CC2C(CC1)OC1=C(C3CCCCC3)CCC(C3C4CCCCC4C(C4CCCCC4)C4CCCCC43)C12. The molecular weight excluding hydrogens is 472 g/mol. The van der Waals surface area contributed by atoms with Crippen LogP contribution >= 0.6 is 0 Å². The lowest BCUT2D eigenvalue weighted by molar-refractivity contribution is -0.117. The van der Waals surface area contributed by atoms with Crippen molar-refractivity contribution in [2.75, 3.05) is 0 Å². The van der Waals surface area contributed by atoms with E-state index in [2.05, 4.69) is 12.2 Å². The molecule has 0 aromatic carbocycles. The summed E-state index contributed by atoms with van der Waals surface area (Å²) in [6, 6.07) is 0. The van der Waals surface area contributed by atoms with Gasteiger partial charge in [-0.05, 0) is 123 Å². The van der Waals surface area contributed by atoms with Crippen molar-refractivity contribution in [3.63, 3.8) is 0 Å². The third-order valence-corrected chi connectivity index (χ3v) is 14.4. The molecule has 216 valence electrons. The molecule has 8 aliphatic rings. The Kier molecular flexibility index (Phi) is 7.43. The van der Waals surface area contributed by atoms with Crippen LogP contribution in [-0.4, -0.2) is 6.10 Å². The quantitative estimate of drug-likeness (QED) is 0.330. The number of allylic oxidation sites excluding steroid dienone is 3. The third kappa shape index (κ3) is 4.52. The maximum absolute atomic E-state index is 7.17. The van der Waals surface area contributed by atoms with Gasteiger partial charge in [-0.15, -0.1) is 0 Å². The van der Waals surface area contributed by atoms with Gasteiger partial charge >= 0.3 is 0 Å². The first-order valence-corrected chi connectivity index (χ1v) is 18.4. The van der Waals surface area contributed by atoms with Gasteiger partial charge in [0.15, 0.2) is 0 Å². The molecule has 0 N–H and O–H groups in total. The molecular formula is C38H58O. The fraction of sp³-hybridized carbons (Fsp3) is 0.895. The Hall–Kier alpha value is -0.720. The summed E-state index contributed by atoms with van der Waals surface area (Å²) < 4.78 is 7.17. The Balaban J connectivity index is 1.17. The first kappa shape index (κ1) is 25.9. The Morgan fingerprint density at radius 3 is 1.79 bits per heavy atom. The molecule has 1 heteroatoms. The van der Waals surface area contributed by atoms with Crippen molar-refractivity contribution >= 4 is 0 Å². The van der Waals surface area contributed by atoms with Crippen molar-refractivity contribution in [2.24, 2.45) is 65.1 Å². The van der Waals surface area contributed by atoms with Crippen LogP contribution in [0.4, 0.5) is 0 Å². The number of ether oxygens (including phenoxy) is 1. The van der Waals surface area contributed by atoms with Gasteiger partial charge in [0.1, 0.15) is 6.10 Å². The zero-order valence-electron chi connectivity index (χ0n) is 25.0. The fourth-order valence-corrected chi connectivity index (χ4v) is 13.2. The van der Waals surface area contributed by atoms with E-state index in [1.54, 1.807) is 44.3 Å². The predicted molar refractivity (Wildman–Crippen MR) is 161 cm³/mol. The molecule has 0 aromatic rings. The Labute approximate surface area is 240 Å². The summed E-state index contributed by atoms with van der Waals surface area (Å²) in [7, 11) is 0. The van der Waals surface area contributed by atoms with E-state index in [4.69, 9.17) is 4.74 Å². The molecule has 0 radical (unpaired) electrons. The molecule has 39 heavy (non-hydrogen) atoms. The molecule has 1 heterocycles. The van der Waals surface area contributed by atoms with Crippen LogP contribution in [0.3, 0.4) is 0 Å². The second-order valence-corrected chi connectivity index (χ2v) is 16.0. The van der Waals surface area contributed by atoms with Crippen LogP contribution in [0.5, 0.6) is 0 Å². The maximum atomic E-state index is 7.17. The molecule has 0 amide bonds. The Morgan fingerprint density at radius 1 is 0.538 bits per heavy atom. The fourth-order valence-electron chi connectivity index (χ4n) is 13.2. The molecule has 8 atom stereocenters. The highest BCUT2D eigenvalue weighted by Crippen LogP contribution is 2.65. The monoisotopic (exact) mass is 530 g/mol. The highest BCUT2D eigenvalue weighted by molar-refractivity contribution is 5.28. The first-order valence-electron chi connectivity index (χ1n) is 18.4. The highest BCUT2D eigenvalue weighted by Gasteiger charge is 2.59. The molecule has 1 aliphatic heterocycles. The van der Waals surface area contributed by atoms with Crippen molar-refractivity contribution in [3.8, 4) is 0 Å². The van der Waals surface area contributed by atoms with E-state index in [-0.39, 0.29) is 0 Å². The van der Waals surface area contributed by atoms with Gasteiger partial charge in [-0.2, -0.15) is 0 Å². The van der Waals surface area contributed by atoms with Crippen LogP contribution in [0.25, 0.3) is 0 Å². The molecule has 5 saturated carbocycles. The molecule has 1 saturated heterocycles. The van der Waals surface area contributed by atoms with Crippen LogP contribution < -0.4 is 0 Å². The van der Waals surface area contributed by atoms with Gasteiger partial charge in [-0.1, -0.05) is 89.2 Å². The van der Waals surface area contributed by atoms with Crippen molar-refractivity contribution in [2.45, 2.75) is 147 Å². The summed E-state index contributed by atoms with van der Waals surface area (Å²) in [4.78, 5) is 0. The zero-order valence-corrected chi connectivity index (χ0v) is 25.0. The zero-order chi connectivity index (χ0) is 25.8. The average molecular weight is 531 g/mol. The van der Waals surface area contributed by atoms with E-state index < -0.39 is 0 Å². The number of hydrogen-bond donors (Lipinski definition) is 0. The molecule has 0 aromatic heterocycles. The van der Waals surface area contributed by atoms with E-state index in [9.17, 15) is 0 Å². The van der Waals surface area contributed by atoms with Gasteiger partial charge in [-0.25, -0.2) is 0 Å². The standard InChI is InChI=1S/C38H58O/c1-3-13-25(14-4-1)27-23-24-33(37-32-21-11-12-22-34(32)39-38(27)37)36-30-19-9-7-17-28(30)35(26-15-5-2-6-16-26)29-18-8-10-20-31(29)36/h11,21,25-26,28-37H,1-10,12-20,22-24H2. The van der Waals surface area contributed by atoms with E-state index in [0.717, 1.165) is 59.2 Å².